The van der Waals surface area contributed by atoms with Crippen LogP contribution in [0.3, 0.4) is 0 Å². The number of nitrogens with zero attached hydrogens (tertiary/aromatic N) is 4. The number of hydrogen-bond acceptors (Lipinski definition) is 3. The van der Waals surface area contributed by atoms with Crippen molar-refractivity contribution in [1.29, 1.82) is 0 Å². The van der Waals surface area contributed by atoms with E-state index in [0.717, 1.165) is 28.8 Å². The molecule has 1 amide bonds. The highest BCUT2D eigenvalue weighted by molar-refractivity contribution is 6.32. The van der Waals surface area contributed by atoms with Gasteiger partial charge < -0.3 is 5.32 Å². The molecule has 0 spiro atoms. The molecule has 2 atom stereocenters. The molecule has 27 heavy (non-hydrogen) atoms. The molecule has 2 aromatic rings. The minimum atomic E-state index is -4.66. The maximum atomic E-state index is 13.2. The molecule has 1 saturated carbocycles. The average Bonchev–Trinajstić information content (AvgIpc) is 3.24. The van der Waals surface area contributed by atoms with E-state index < -0.39 is 28.8 Å². The smallest absolute Gasteiger partial charge is 0.348 e. The first-order valence-electron chi connectivity index (χ1n) is 8.66. The zero-order valence-electron chi connectivity index (χ0n) is 15.4. The fraction of sp³-hybridized carbons (Fsp3) is 0.588. The van der Waals surface area contributed by atoms with Gasteiger partial charge in [0.1, 0.15) is 6.04 Å². The lowest BCUT2D eigenvalue weighted by molar-refractivity contribution is -0.141. The van der Waals surface area contributed by atoms with Crippen molar-refractivity contribution in [2.45, 2.75) is 57.8 Å². The van der Waals surface area contributed by atoms with Crippen LogP contribution in [0, 0.1) is 6.92 Å². The fourth-order valence-electron chi connectivity index (χ4n) is 3.19. The number of aromatic nitrogens is 4. The molecule has 1 N–H and O–H groups in total. The van der Waals surface area contributed by atoms with E-state index >= 15 is 0 Å². The number of nitrogens with one attached hydrogen (secondary N) is 1. The van der Waals surface area contributed by atoms with Crippen molar-refractivity contribution in [3.8, 4) is 0 Å². The molecule has 6 nitrogen and oxygen atoms in total. The number of halogens is 4. The number of amides is 1. The van der Waals surface area contributed by atoms with E-state index in [9.17, 15) is 18.0 Å². The monoisotopic (exact) mass is 403 g/mol. The van der Waals surface area contributed by atoms with Gasteiger partial charge in [-0.25, -0.2) is 0 Å². The van der Waals surface area contributed by atoms with Crippen LogP contribution in [0.1, 0.15) is 67.3 Å². The Labute approximate surface area is 159 Å². The second kappa shape index (κ2) is 6.85. The second-order valence-corrected chi connectivity index (χ2v) is 7.39. The SMILES string of the molecule is Cc1nn(C)cc1[C@H](C)NC(=O)[C@H](C)n1nc(C(F)(F)F)c(Cl)c1C1CC1. The van der Waals surface area contributed by atoms with Gasteiger partial charge in [0.2, 0.25) is 5.91 Å². The number of hydrogen-bond donors (Lipinski definition) is 1. The molecule has 0 unspecified atom stereocenters. The van der Waals surface area contributed by atoms with Gasteiger partial charge in [0, 0.05) is 24.7 Å². The Morgan fingerprint density at radius 2 is 1.96 bits per heavy atom. The van der Waals surface area contributed by atoms with Crippen molar-refractivity contribution in [3.05, 3.63) is 33.9 Å². The van der Waals surface area contributed by atoms with Crippen molar-refractivity contribution in [2.75, 3.05) is 0 Å². The van der Waals surface area contributed by atoms with Gasteiger partial charge in [-0.05, 0) is 33.6 Å². The molecule has 0 aromatic carbocycles. The van der Waals surface area contributed by atoms with E-state index in [1.54, 1.807) is 24.9 Å². The Morgan fingerprint density at radius 3 is 2.44 bits per heavy atom. The van der Waals surface area contributed by atoms with Crippen molar-refractivity contribution in [2.24, 2.45) is 7.05 Å². The third kappa shape index (κ3) is 3.83. The first-order valence-corrected chi connectivity index (χ1v) is 9.04. The second-order valence-electron chi connectivity index (χ2n) is 7.01. The van der Waals surface area contributed by atoms with Gasteiger partial charge in [-0.2, -0.15) is 23.4 Å². The molecular weight excluding hydrogens is 383 g/mol. The highest BCUT2D eigenvalue weighted by Crippen LogP contribution is 2.47. The molecule has 0 radical (unpaired) electrons. The van der Waals surface area contributed by atoms with E-state index in [4.69, 9.17) is 11.6 Å². The number of alkyl halides is 3. The van der Waals surface area contributed by atoms with Crippen molar-refractivity contribution in [1.82, 2.24) is 24.9 Å². The summed E-state index contributed by atoms with van der Waals surface area (Å²) in [5, 5.41) is 10.3. The van der Waals surface area contributed by atoms with Gasteiger partial charge in [0.15, 0.2) is 5.69 Å². The molecular formula is C17H21ClF3N5O. The largest absolute Gasteiger partial charge is 0.436 e. The maximum Gasteiger partial charge on any atom is 0.436 e. The Hall–Kier alpha value is -2.03. The van der Waals surface area contributed by atoms with Gasteiger partial charge in [-0.15, -0.1) is 0 Å². The van der Waals surface area contributed by atoms with Crippen LogP contribution in [0.5, 0.6) is 0 Å². The number of rotatable bonds is 5. The van der Waals surface area contributed by atoms with E-state index in [1.807, 2.05) is 6.92 Å². The van der Waals surface area contributed by atoms with Crippen LogP contribution >= 0.6 is 11.6 Å². The van der Waals surface area contributed by atoms with Crippen molar-refractivity contribution in [3.63, 3.8) is 0 Å². The predicted molar refractivity (Wildman–Crippen MR) is 93.4 cm³/mol. The Bertz CT molecular complexity index is 869. The summed E-state index contributed by atoms with van der Waals surface area (Å²) in [4.78, 5) is 12.7. The van der Waals surface area contributed by atoms with Gasteiger partial charge in [0.25, 0.3) is 0 Å². The highest BCUT2D eigenvalue weighted by atomic mass is 35.5. The lowest BCUT2D eigenvalue weighted by Gasteiger charge is -2.19. The highest BCUT2D eigenvalue weighted by Gasteiger charge is 2.43. The number of carbonyl (C=O) groups excluding carboxylic acids is 1. The lowest BCUT2D eigenvalue weighted by Crippen LogP contribution is -2.34. The van der Waals surface area contributed by atoms with Crippen LogP contribution in [0.4, 0.5) is 13.2 Å². The molecule has 1 aliphatic carbocycles. The van der Waals surface area contributed by atoms with E-state index in [2.05, 4.69) is 15.5 Å². The summed E-state index contributed by atoms with van der Waals surface area (Å²) in [6.07, 6.45) is -1.39. The minimum absolute atomic E-state index is 0.0886. The first-order chi connectivity index (χ1) is 12.5. The summed E-state index contributed by atoms with van der Waals surface area (Å²) in [7, 11) is 1.78. The molecule has 2 aromatic heterocycles. The van der Waals surface area contributed by atoms with E-state index in [1.165, 1.54) is 6.92 Å². The molecule has 10 heteroatoms. The van der Waals surface area contributed by atoms with Gasteiger partial charge in [-0.1, -0.05) is 11.6 Å². The standard InChI is InChI=1S/C17H21ClF3N5O/c1-8(12-7-25(4)23-9(12)2)22-16(27)10(3)26-14(11-5-6-11)13(18)15(24-26)17(19,20)21/h7-8,10-11H,5-6H2,1-4H3,(H,22,27)/t8-,10-/m0/s1. The first kappa shape index (κ1) is 19.7. The molecule has 148 valence electrons. The van der Waals surface area contributed by atoms with Crippen LogP contribution < -0.4 is 5.32 Å². The van der Waals surface area contributed by atoms with Gasteiger partial charge in [0.05, 0.1) is 22.5 Å². The topological polar surface area (TPSA) is 64.7 Å². The Morgan fingerprint density at radius 1 is 1.33 bits per heavy atom. The van der Waals surface area contributed by atoms with Crippen LogP contribution in [0.25, 0.3) is 0 Å². The maximum absolute atomic E-state index is 13.2. The molecule has 0 saturated heterocycles. The zero-order valence-corrected chi connectivity index (χ0v) is 16.2. The summed E-state index contributed by atoms with van der Waals surface area (Å²) in [5.41, 5.74) is 0.770. The fourth-order valence-corrected chi connectivity index (χ4v) is 3.58. The molecule has 0 aliphatic heterocycles. The Kier molecular flexibility index (Phi) is 5.00. The summed E-state index contributed by atoms with van der Waals surface area (Å²) in [5.74, 6) is -0.519. The Balaban J connectivity index is 1.85. The molecule has 1 fully saturated rings. The van der Waals surface area contributed by atoms with Crippen molar-refractivity contribution < 1.29 is 18.0 Å². The lowest BCUT2D eigenvalue weighted by atomic mass is 10.1. The van der Waals surface area contributed by atoms with Crippen LogP contribution in [0.2, 0.25) is 5.02 Å². The van der Waals surface area contributed by atoms with Gasteiger partial charge >= 0.3 is 6.18 Å². The van der Waals surface area contributed by atoms with E-state index in [-0.39, 0.29) is 17.7 Å². The number of aryl methyl sites for hydroxylation is 2. The van der Waals surface area contributed by atoms with Crippen LogP contribution in [-0.4, -0.2) is 25.5 Å². The molecule has 2 heterocycles. The summed E-state index contributed by atoms with van der Waals surface area (Å²) in [6, 6.07) is -1.26. The van der Waals surface area contributed by atoms with E-state index in [0.29, 0.717) is 0 Å². The van der Waals surface area contributed by atoms with Crippen LogP contribution in [0.15, 0.2) is 6.20 Å². The third-order valence-corrected chi connectivity index (χ3v) is 5.12. The quantitative estimate of drug-likeness (QED) is 0.823. The van der Waals surface area contributed by atoms with Crippen molar-refractivity contribution >= 4 is 17.5 Å². The van der Waals surface area contributed by atoms with Crippen LogP contribution in [-0.2, 0) is 18.0 Å². The zero-order chi connectivity index (χ0) is 20.1. The summed E-state index contributed by atoms with van der Waals surface area (Å²) >= 11 is 5.98. The normalized spacial score (nSPS) is 17.0. The van der Waals surface area contributed by atoms with Gasteiger partial charge in [-0.3, -0.25) is 14.2 Å². The summed E-state index contributed by atoms with van der Waals surface area (Å²) < 4.78 is 42.4. The summed E-state index contributed by atoms with van der Waals surface area (Å²) in [6.45, 7) is 5.15. The molecule has 0 bridgehead atoms. The molecule has 1 aliphatic rings. The average molecular weight is 404 g/mol. The number of carbonyl (C=O) groups is 1. The minimum Gasteiger partial charge on any atom is -0.348 e. The molecule has 3 rings (SSSR count). The predicted octanol–water partition coefficient (Wildman–Crippen LogP) is 3.91. The third-order valence-electron chi connectivity index (χ3n) is 4.74.